The molecule has 4 nitrogen and oxygen atoms in total. The topological polar surface area (TPSA) is 46.6 Å². The Hall–Kier alpha value is -0.900. The highest BCUT2D eigenvalue weighted by Crippen LogP contribution is 2.12. The van der Waals surface area contributed by atoms with Gasteiger partial charge in [0.05, 0.1) is 13.0 Å². The molecule has 1 rings (SSSR count). The largest absolute Gasteiger partial charge is 0.466 e. The molecule has 1 aliphatic rings. The van der Waals surface area contributed by atoms with Gasteiger partial charge in [0.25, 0.3) is 0 Å². The van der Waals surface area contributed by atoms with Gasteiger partial charge in [-0.05, 0) is 13.8 Å². The molecule has 4 heteroatoms. The highest BCUT2D eigenvalue weighted by Gasteiger charge is 2.22. The number of carbonyl (C=O) groups is 2. The molecule has 15 heavy (non-hydrogen) atoms. The van der Waals surface area contributed by atoms with E-state index in [-0.39, 0.29) is 12.0 Å². The van der Waals surface area contributed by atoms with Gasteiger partial charge in [0.1, 0.15) is 5.78 Å². The zero-order chi connectivity index (χ0) is 11.3. The van der Waals surface area contributed by atoms with E-state index in [0.717, 1.165) is 13.1 Å². The molecule has 0 aromatic rings. The number of ether oxygens (including phenoxy) is 1. The number of esters is 1. The molecule has 0 aromatic carbocycles. The first-order valence-electron chi connectivity index (χ1n) is 5.55. The van der Waals surface area contributed by atoms with Crippen molar-refractivity contribution in [3.8, 4) is 0 Å². The molecule has 1 atom stereocenters. The van der Waals surface area contributed by atoms with E-state index in [2.05, 4.69) is 4.90 Å². The average molecular weight is 213 g/mol. The monoisotopic (exact) mass is 213 g/mol. The average Bonchev–Trinajstić information content (AvgIpc) is 2.18. The standard InChI is InChI=1S/C11H19NO3/c1-3-15-11(14)8-9(2)12-6-4-10(13)5-7-12/h9H,3-8H2,1-2H3. The van der Waals surface area contributed by atoms with Crippen LogP contribution in [0.2, 0.25) is 0 Å². The number of nitrogens with zero attached hydrogens (tertiary/aromatic N) is 1. The van der Waals surface area contributed by atoms with E-state index in [1.165, 1.54) is 0 Å². The molecule has 0 N–H and O–H groups in total. The molecule has 1 heterocycles. The van der Waals surface area contributed by atoms with Gasteiger partial charge in [0.15, 0.2) is 0 Å². The zero-order valence-electron chi connectivity index (χ0n) is 9.49. The van der Waals surface area contributed by atoms with Crippen LogP contribution in [0.15, 0.2) is 0 Å². The Labute approximate surface area is 90.6 Å². The molecule has 0 amide bonds. The number of Topliss-reactive ketones (excluding diaryl/α,β-unsaturated/α-hetero) is 1. The van der Waals surface area contributed by atoms with Crippen LogP contribution < -0.4 is 0 Å². The Kier molecular flexibility index (Phi) is 4.75. The second-order valence-corrected chi connectivity index (χ2v) is 3.93. The Bertz CT molecular complexity index is 230. The van der Waals surface area contributed by atoms with Crippen molar-refractivity contribution in [3.05, 3.63) is 0 Å². The lowest BCUT2D eigenvalue weighted by molar-refractivity contribution is -0.144. The van der Waals surface area contributed by atoms with Crippen molar-refractivity contribution in [1.82, 2.24) is 4.90 Å². The molecule has 0 radical (unpaired) electrons. The Morgan fingerprint density at radius 2 is 2.07 bits per heavy atom. The Morgan fingerprint density at radius 1 is 1.47 bits per heavy atom. The van der Waals surface area contributed by atoms with Crippen LogP contribution in [0, 0.1) is 0 Å². The van der Waals surface area contributed by atoms with E-state index >= 15 is 0 Å². The maximum Gasteiger partial charge on any atom is 0.307 e. The first-order valence-corrected chi connectivity index (χ1v) is 5.55. The van der Waals surface area contributed by atoms with Gasteiger partial charge >= 0.3 is 5.97 Å². The van der Waals surface area contributed by atoms with Crippen molar-refractivity contribution in [3.63, 3.8) is 0 Å². The van der Waals surface area contributed by atoms with Crippen LogP contribution in [0.25, 0.3) is 0 Å². The SMILES string of the molecule is CCOC(=O)CC(C)N1CCC(=O)CC1. The van der Waals surface area contributed by atoms with Gasteiger partial charge in [-0.25, -0.2) is 0 Å². The summed E-state index contributed by atoms with van der Waals surface area (Å²) in [6, 6.07) is 0.178. The summed E-state index contributed by atoms with van der Waals surface area (Å²) < 4.78 is 4.89. The molecule has 0 spiro atoms. The molecular formula is C11H19NO3. The quantitative estimate of drug-likeness (QED) is 0.653. The van der Waals surface area contributed by atoms with E-state index in [1.807, 2.05) is 13.8 Å². The van der Waals surface area contributed by atoms with Crippen molar-refractivity contribution in [2.75, 3.05) is 19.7 Å². The van der Waals surface area contributed by atoms with E-state index < -0.39 is 0 Å². The lowest BCUT2D eigenvalue weighted by Crippen LogP contribution is -2.41. The molecule has 86 valence electrons. The minimum absolute atomic E-state index is 0.151. The summed E-state index contributed by atoms with van der Waals surface area (Å²) in [6.07, 6.45) is 1.66. The third-order valence-electron chi connectivity index (χ3n) is 2.75. The van der Waals surface area contributed by atoms with E-state index in [0.29, 0.717) is 31.7 Å². The van der Waals surface area contributed by atoms with Crippen molar-refractivity contribution < 1.29 is 14.3 Å². The summed E-state index contributed by atoms with van der Waals surface area (Å²) in [5, 5.41) is 0. The number of hydrogen-bond acceptors (Lipinski definition) is 4. The molecule has 1 aliphatic heterocycles. The molecule has 1 fully saturated rings. The van der Waals surface area contributed by atoms with Gasteiger partial charge in [0.2, 0.25) is 0 Å². The van der Waals surface area contributed by atoms with Crippen molar-refractivity contribution in [2.24, 2.45) is 0 Å². The van der Waals surface area contributed by atoms with E-state index in [4.69, 9.17) is 4.74 Å². The maximum atomic E-state index is 11.2. The lowest BCUT2D eigenvalue weighted by Gasteiger charge is -2.31. The minimum Gasteiger partial charge on any atom is -0.466 e. The summed E-state index contributed by atoms with van der Waals surface area (Å²) in [6.45, 7) is 5.80. The summed E-state index contributed by atoms with van der Waals surface area (Å²) in [5.74, 6) is 0.177. The summed E-state index contributed by atoms with van der Waals surface area (Å²) in [7, 11) is 0. The predicted octanol–water partition coefficient (Wildman–Crippen LogP) is 0.993. The Morgan fingerprint density at radius 3 is 2.60 bits per heavy atom. The number of carbonyl (C=O) groups excluding carboxylic acids is 2. The number of piperidine rings is 1. The lowest BCUT2D eigenvalue weighted by atomic mass is 10.1. The third kappa shape index (κ3) is 4.00. The first kappa shape index (κ1) is 12.2. The molecule has 0 aliphatic carbocycles. The maximum absolute atomic E-state index is 11.2. The first-order chi connectivity index (χ1) is 7.13. The zero-order valence-corrected chi connectivity index (χ0v) is 9.49. The summed E-state index contributed by atoms with van der Waals surface area (Å²) in [5.41, 5.74) is 0. The normalized spacial score (nSPS) is 20.0. The molecular weight excluding hydrogens is 194 g/mol. The van der Waals surface area contributed by atoms with Crippen molar-refractivity contribution in [1.29, 1.82) is 0 Å². The van der Waals surface area contributed by atoms with Crippen LogP contribution in [0.3, 0.4) is 0 Å². The minimum atomic E-state index is -0.151. The van der Waals surface area contributed by atoms with Crippen LogP contribution in [-0.2, 0) is 14.3 Å². The molecule has 0 saturated carbocycles. The summed E-state index contributed by atoms with van der Waals surface area (Å²) in [4.78, 5) is 24.5. The van der Waals surface area contributed by atoms with Gasteiger partial charge in [0, 0.05) is 32.0 Å². The highest BCUT2D eigenvalue weighted by atomic mass is 16.5. The second kappa shape index (κ2) is 5.85. The number of rotatable bonds is 4. The molecule has 1 unspecified atom stereocenters. The smallest absolute Gasteiger partial charge is 0.307 e. The van der Waals surface area contributed by atoms with Crippen LogP contribution in [0.4, 0.5) is 0 Å². The molecule has 0 aromatic heterocycles. The van der Waals surface area contributed by atoms with E-state index in [1.54, 1.807) is 0 Å². The van der Waals surface area contributed by atoms with Gasteiger partial charge < -0.3 is 4.74 Å². The van der Waals surface area contributed by atoms with Crippen LogP contribution in [0.5, 0.6) is 0 Å². The third-order valence-corrected chi connectivity index (χ3v) is 2.75. The van der Waals surface area contributed by atoms with Gasteiger partial charge in [-0.2, -0.15) is 0 Å². The Balaban J connectivity index is 2.30. The van der Waals surface area contributed by atoms with Gasteiger partial charge in [-0.1, -0.05) is 0 Å². The van der Waals surface area contributed by atoms with Crippen LogP contribution in [-0.4, -0.2) is 42.4 Å². The van der Waals surface area contributed by atoms with Gasteiger partial charge in [-0.15, -0.1) is 0 Å². The number of likely N-dealkylation sites (tertiary alicyclic amines) is 1. The fourth-order valence-electron chi connectivity index (χ4n) is 1.80. The number of ketones is 1. The highest BCUT2D eigenvalue weighted by molar-refractivity contribution is 5.79. The second-order valence-electron chi connectivity index (χ2n) is 3.93. The van der Waals surface area contributed by atoms with Crippen LogP contribution in [0.1, 0.15) is 33.1 Å². The number of hydrogen-bond donors (Lipinski definition) is 0. The van der Waals surface area contributed by atoms with Gasteiger partial charge in [-0.3, -0.25) is 14.5 Å². The fourth-order valence-corrected chi connectivity index (χ4v) is 1.80. The molecule has 0 bridgehead atoms. The van der Waals surface area contributed by atoms with Crippen LogP contribution >= 0.6 is 0 Å². The molecule has 1 saturated heterocycles. The van der Waals surface area contributed by atoms with Crippen molar-refractivity contribution in [2.45, 2.75) is 39.2 Å². The summed E-state index contributed by atoms with van der Waals surface area (Å²) >= 11 is 0. The predicted molar refractivity (Wildman–Crippen MR) is 56.5 cm³/mol. The fraction of sp³-hybridized carbons (Fsp3) is 0.818. The van der Waals surface area contributed by atoms with Crippen molar-refractivity contribution >= 4 is 11.8 Å². The van der Waals surface area contributed by atoms with E-state index in [9.17, 15) is 9.59 Å².